The van der Waals surface area contributed by atoms with Crippen LogP contribution in [0.4, 0.5) is 10.1 Å². The molecule has 1 heterocycles. The van der Waals surface area contributed by atoms with E-state index in [-0.39, 0.29) is 11.5 Å². The molecule has 1 aromatic heterocycles. The van der Waals surface area contributed by atoms with E-state index in [1.165, 1.54) is 24.3 Å². The van der Waals surface area contributed by atoms with Crippen molar-refractivity contribution in [2.75, 3.05) is 5.32 Å². The molecule has 3 aromatic rings. The van der Waals surface area contributed by atoms with Gasteiger partial charge in [0.2, 0.25) is 5.82 Å². The number of nitrogens with one attached hydrogen (secondary N) is 2. The fourth-order valence-corrected chi connectivity index (χ4v) is 1.93. The van der Waals surface area contributed by atoms with Gasteiger partial charge in [-0.2, -0.15) is 4.68 Å². The maximum Gasteiger partial charge on any atom is 0.348 e. The summed E-state index contributed by atoms with van der Waals surface area (Å²) in [6.07, 6.45) is 0. The number of halogens is 1. The molecule has 3 rings (SSSR count). The summed E-state index contributed by atoms with van der Waals surface area (Å²) in [4.78, 5) is 26.3. The number of rotatable bonds is 3. The third-order valence-corrected chi connectivity index (χ3v) is 2.92. The minimum Gasteiger partial charge on any atom is -0.319 e. The highest BCUT2D eigenvalue weighted by Crippen LogP contribution is 2.10. The third-order valence-electron chi connectivity index (χ3n) is 2.92. The Morgan fingerprint density at radius 3 is 2.64 bits per heavy atom. The smallest absolute Gasteiger partial charge is 0.319 e. The van der Waals surface area contributed by atoms with E-state index < -0.39 is 17.4 Å². The van der Waals surface area contributed by atoms with Crippen molar-refractivity contribution >= 4 is 11.6 Å². The summed E-state index contributed by atoms with van der Waals surface area (Å²) in [5.41, 5.74) is 0.282. The number of hydrogen-bond donors (Lipinski definition) is 2. The van der Waals surface area contributed by atoms with E-state index in [0.29, 0.717) is 5.69 Å². The van der Waals surface area contributed by atoms with E-state index in [9.17, 15) is 14.0 Å². The number of H-pyrrole nitrogens is 1. The predicted molar refractivity (Wildman–Crippen MR) is 78.5 cm³/mol. The number of amides is 1. The number of aromatic nitrogens is 3. The van der Waals surface area contributed by atoms with Crippen LogP contribution in [-0.4, -0.2) is 20.7 Å². The molecule has 110 valence electrons. The normalized spacial score (nSPS) is 10.4. The molecule has 0 spiro atoms. The minimum absolute atomic E-state index is 0.155. The fourth-order valence-electron chi connectivity index (χ4n) is 1.93. The van der Waals surface area contributed by atoms with Gasteiger partial charge < -0.3 is 5.32 Å². The van der Waals surface area contributed by atoms with Gasteiger partial charge in [-0.1, -0.05) is 24.3 Å². The number of hydrogen-bond acceptors (Lipinski definition) is 3. The molecule has 2 N–H and O–H groups in total. The molecule has 0 aliphatic heterocycles. The lowest BCUT2D eigenvalue weighted by atomic mass is 10.3. The number of nitrogens with zero attached hydrogens (tertiary/aromatic N) is 2. The Bertz CT molecular complexity index is 871. The lowest BCUT2D eigenvalue weighted by Gasteiger charge is -2.02. The molecule has 7 heteroatoms. The van der Waals surface area contributed by atoms with Gasteiger partial charge in [0.15, 0.2) is 0 Å². The SMILES string of the molecule is O=C(Nc1cccc(F)c1)c1nn(-c2ccccc2)c(=O)[nH]1. The summed E-state index contributed by atoms with van der Waals surface area (Å²) in [6, 6.07) is 14.1. The number of carbonyl (C=O) groups is 1. The van der Waals surface area contributed by atoms with Crippen LogP contribution in [0.3, 0.4) is 0 Å². The average molecular weight is 298 g/mol. The van der Waals surface area contributed by atoms with Gasteiger partial charge >= 0.3 is 5.69 Å². The predicted octanol–water partition coefficient (Wildman–Crippen LogP) is 1.95. The first-order valence-electron chi connectivity index (χ1n) is 6.45. The molecule has 0 fully saturated rings. The van der Waals surface area contributed by atoms with Crippen LogP contribution in [0.2, 0.25) is 0 Å². The summed E-state index contributed by atoms with van der Waals surface area (Å²) in [5.74, 6) is -1.25. The molecule has 0 radical (unpaired) electrons. The van der Waals surface area contributed by atoms with Crippen LogP contribution in [-0.2, 0) is 0 Å². The highest BCUT2D eigenvalue weighted by molar-refractivity contribution is 6.01. The lowest BCUT2D eigenvalue weighted by molar-refractivity contribution is 0.101. The van der Waals surface area contributed by atoms with Crippen LogP contribution < -0.4 is 11.0 Å². The van der Waals surface area contributed by atoms with Gasteiger partial charge in [-0.05, 0) is 30.3 Å². The van der Waals surface area contributed by atoms with Crippen LogP contribution in [0, 0.1) is 5.82 Å². The zero-order valence-electron chi connectivity index (χ0n) is 11.3. The molecular formula is C15H11FN4O2. The van der Waals surface area contributed by atoms with Crippen molar-refractivity contribution in [3.8, 4) is 5.69 Å². The monoisotopic (exact) mass is 298 g/mol. The summed E-state index contributed by atoms with van der Waals surface area (Å²) < 4.78 is 14.2. The van der Waals surface area contributed by atoms with Crippen LogP contribution in [0.1, 0.15) is 10.6 Å². The molecular weight excluding hydrogens is 287 g/mol. The maximum atomic E-state index is 13.1. The van der Waals surface area contributed by atoms with E-state index in [0.717, 1.165) is 4.68 Å². The second-order valence-electron chi connectivity index (χ2n) is 4.49. The Morgan fingerprint density at radius 2 is 1.91 bits per heavy atom. The molecule has 0 saturated carbocycles. The minimum atomic E-state index is -0.627. The first-order valence-corrected chi connectivity index (χ1v) is 6.45. The van der Waals surface area contributed by atoms with Crippen LogP contribution in [0.25, 0.3) is 5.69 Å². The van der Waals surface area contributed by atoms with Crippen LogP contribution in [0.5, 0.6) is 0 Å². The molecule has 2 aromatic carbocycles. The van der Waals surface area contributed by atoms with Gasteiger partial charge in [0.1, 0.15) is 5.82 Å². The number of benzene rings is 2. The van der Waals surface area contributed by atoms with Crippen LogP contribution in [0.15, 0.2) is 59.4 Å². The molecule has 0 saturated heterocycles. The summed E-state index contributed by atoms with van der Waals surface area (Å²) >= 11 is 0. The summed E-state index contributed by atoms with van der Waals surface area (Å²) in [7, 11) is 0. The standard InChI is InChI=1S/C15H11FN4O2/c16-10-5-4-6-11(9-10)17-14(21)13-18-15(22)20(19-13)12-7-2-1-3-8-12/h1-9H,(H,17,21)(H,18,19,22). The maximum absolute atomic E-state index is 13.1. The first-order chi connectivity index (χ1) is 10.6. The Hall–Kier alpha value is -3.22. The molecule has 6 nitrogen and oxygen atoms in total. The van der Waals surface area contributed by atoms with Crippen molar-refractivity contribution in [2.45, 2.75) is 0 Å². The quantitative estimate of drug-likeness (QED) is 0.775. The zero-order chi connectivity index (χ0) is 15.5. The van der Waals surface area contributed by atoms with Crippen molar-refractivity contribution in [3.05, 3.63) is 76.7 Å². The van der Waals surface area contributed by atoms with Crippen molar-refractivity contribution in [3.63, 3.8) is 0 Å². The van der Waals surface area contributed by atoms with Crippen molar-refractivity contribution in [1.82, 2.24) is 14.8 Å². The molecule has 0 unspecified atom stereocenters. The summed E-state index contributed by atoms with van der Waals surface area (Å²) in [5, 5.41) is 6.41. The van der Waals surface area contributed by atoms with Gasteiger partial charge in [-0.25, -0.2) is 9.18 Å². The topological polar surface area (TPSA) is 79.8 Å². The Balaban J connectivity index is 1.87. The second-order valence-corrected chi connectivity index (χ2v) is 4.49. The molecule has 0 bridgehead atoms. The van der Waals surface area contributed by atoms with Crippen molar-refractivity contribution < 1.29 is 9.18 Å². The molecule has 22 heavy (non-hydrogen) atoms. The van der Waals surface area contributed by atoms with E-state index in [2.05, 4.69) is 15.4 Å². The van der Waals surface area contributed by atoms with Gasteiger partial charge in [0.05, 0.1) is 5.69 Å². The molecule has 0 aliphatic rings. The summed E-state index contributed by atoms with van der Waals surface area (Å²) in [6.45, 7) is 0. The Kier molecular flexibility index (Phi) is 3.53. The fraction of sp³-hybridized carbons (Fsp3) is 0. The molecule has 0 aliphatic carbocycles. The molecule has 1 amide bonds. The lowest BCUT2D eigenvalue weighted by Crippen LogP contribution is -2.15. The highest BCUT2D eigenvalue weighted by atomic mass is 19.1. The number of para-hydroxylation sites is 1. The van der Waals surface area contributed by atoms with Gasteiger partial charge in [0.25, 0.3) is 5.91 Å². The van der Waals surface area contributed by atoms with Gasteiger partial charge in [-0.3, -0.25) is 9.78 Å². The number of carbonyl (C=O) groups excluding carboxylic acids is 1. The van der Waals surface area contributed by atoms with Gasteiger partial charge in [0, 0.05) is 5.69 Å². The number of aromatic amines is 1. The van der Waals surface area contributed by atoms with E-state index in [1.54, 1.807) is 30.3 Å². The highest BCUT2D eigenvalue weighted by Gasteiger charge is 2.14. The van der Waals surface area contributed by atoms with E-state index >= 15 is 0 Å². The first kappa shape index (κ1) is 13.7. The second kappa shape index (κ2) is 5.65. The van der Waals surface area contributed by atoms with Crippen molar-refractivity contribution in [2.24, 2.45) is 0 Å². The average Bonchev–Trinajstić information content (AvgIpc) is 2.90. The van der Waals surface area contributed by atoms with Crippen LogP contribution >= 0.6 is 0 Å². The zero-order valence-corrected chi connectivity index (χ0v) is 11.3. The number of anilines is 1. The molecule has 0 atom stereocenters. The van der Waals surface area contributed by atoms with Gasteiger partial charge in [-0.15, -0.1) is 5.10 Å². The van der Waals surface area contributed by atoms with E-state index in [1.807, 2.05) is 0 Å². The van der Waals surface area contributed by atoms with Crippen molar-refractivity contribution in [1.29, 1.82) is 0 Å². The largest absolute Gasteiger partial charge is 0.348 e. The Labute approximate surface area is 124 Å². The Morgan fingerprint density at radius 1 is 1.14 bits per heavy atom. The third kappa shape index (κ3) is 2.78. The van der Waals surface area contributed by atoms with E-state index in [4.69, 9.17) is 0 Å².